The van der Waals surface area contributed by atoms with Gasteiger partial charge in [-0.05, 0) is 216 Å². The Morgan fingerprint density at radius 2 is 0.641 bits per heavy atom. The molecule has 4 aliphatic rings. The Morgan fingerprint density at radius 1 is 0.304 bits per heavy atom. The Hall–Kier alpha value is -9.91. The number of aryl methyl sites for hydroxylation is 4. The molecule has 0 bridgehead atoms. The van der Waals surface area contributed by atoms with Gasteiger partial charge in [-0.25, -0.2) is 0 Å². The molecule has 0 saturated heterocycles. The van der Waals surface area contributed by atoms with Crippen LogP contribution >= 0.6 is 0 Å². The first kappa shape index (κ1) is 55.0. The molecule has 18 rings (SSSR count). The Balaban J connectivity index is 0.833. The highest BCUT2D eigenvalue weighted by Crippen LogP contribution is 2.47. The van der Waals surface area contributed by atoms with E-state index in [0.717, 1.165) is 34.1 Å². The molecule has 0 radical (unpaired) electrons. The zero-order valence-corrected chi connectivity index (χ0v) is 55.3. The molecule has 0 saturated carbocycles. The number of hydrogen-bond donors (Lipinski definition) is 0. The average Bonchev–Trinajstić information content (AvgIpc) is 1.41. The van der Waals surface area contributed by atoms with E-state index in [-0.39, 0.29) is 24.3 Å². The molecule has 0 N–H and O–H groups in total. The van der Waals surface area contributed by atoms with Gasteiger partial charge in [0, 0.05) is 112 Å². The second kappa shape index (κ2) is 18.9. The van der Waals surface area contributed by atoms with Gasteiger partial charge in [-0.3, -0.25) is 0 Å². The number of rotatable bonds is 7. The summed E-state index contributed by atoms with van der Waals surface area (Å²) in [6.07, 6.45) is 0. The first-order chi connectivity index (χ1) is 44.3. The van der Waals surface area contributed by atoms with Gasteiger partial charge in [0.25, 0.3) is 13.4 Å². The molecule has 446 valence electrons. The zero-order valence-electron chi connectivity index (χ0n) is 55.3. The lowest BCUT2D eigenvalue weighted by Crippen LogP contribution is -2.59. The fraction of sp³-hybridized carbons (Fsp3) is 0.190. The third kappa shape index (κ3) is 7.24. The maximum Gasteiger partial charge on any atom is 0.252 e. The van der Waals surface area contributed by atoms with Crippen LogP contribution in [0.25, 0.3) is 77.5 Å². The van der Waals surface area contributed by atoms with E-state index in [1.54, 1.807) is 0 Å². The van der Waals surface area contributed by atoms with Crippen LogP contribution in [0.5, 0.6) is 0 Å². The minimum absolute atomic E-state index is 0.0205. The van der Waals surface area contributed by atoms with Crippen molar-refractivity contribution in [2.45, 2.75) is 108 Å². The van der Waals surface area contributed by atoms with Crippen molar-refractivity contribution >= 4 is 124 Å². The van der Waals surface area contributed by atoms with Crippen LogP contribution in [0.2, 0.25) is 0 Å². The van der Waals surface area contributed by atoms with Gasteiger partial charge in [0.1, 0.15) is 0 Å². The minimum Gasteiger partial charge on any atom is -0.314 e. The Kier molecular flexibility index (Phi) is 11.3. The summed E-state index contributed by atoms with van der Waals surface area (Å²) >= 11 is 0. The predicted octanol–water partition coefficient (Wildman–Crippen LogP) is 17.4. The Bertz CT molecular complexity index is 5390. The van der Waals surface area contributed by atoms with Crippen molar-refractivity contribution in [1.82, 2.24) is 18.3 Å². The normalized spacial score (nSPS) is 13.3. The molecule has 6 nitrogen and oxygen atoms in total. The van der Waals surface area contributed by atoms with Crippen LogP contribution in [-0.4, -0.2) is 31.7 Å². The second-order valence-electron chi connectivity index (χ2n) is 29.1. The molecule has 8 heterocycles. The molecular weight excluding hydrogens is 1110 g/mol. The van der Waals surface area contributed by atoms with Crippen molar-refractivity contribution in [2.75, 3.05) is 9.80 Å². The summed E-state index contributed by atoms with van der Waals surface area (Å²) < 4.78 is 10.4. The van der Waals surface area contributed by atoms with Gasteiger partial charge in [-0.2, -0.15) is 0 Å². The van der Waals surface area contributed by atoms with Crippen LogP contribution in [0.3, 0.4) is 0 Å². The molecule has 0 atom stereocenters. The fourth-order valence-corrected chi connectivity index (χ4v) is 17.3. The molecule has 0 spiro atoms. The number of para-hydroxylation sites is 4. The highest BCUT2D eigenvalue weighted by Gasteiger charge is 2.44. The number of fused-ring (bicyclic) bond motifs is 8. The lowest BCUT2D eigenvalue weighted by molar-refractivity contribution is 0.590. The van der Waals surface area contributed by atoms with E-state index >= 15 is 0 Å². The van der Waals surface area contributed by atoms with Gasteiger partial charge >= 0.3 is 0 Å². The Labute approximate surface area is 540 Å². The van der Waals surface area contributed by atoms with E-state index in [0.29, 0.717) is 0 Å². The topological polar surface area (TPSA) is 26.2 Å². The van der Waals surface area contributed by atoms with E-state index in [9.17, 15) is 0 Å². The minimum atomic E-state index is 0.0205. The van der Waals surface area contributed by atoms with E-state index in [2.05, 4.69) is 319 Å². The summed E-state index contributed by atoms with van der Waals surface area (Å²) in [5, 5.41) is 5.30. The van der Waals surface area contributed by atoms with Crippen molar-refractivity contribution in [2.24, 2.45) is 0 Å². The monoisotopic (exact) mass is 1190 g/mol. The van der Waals surface area contributed by atoms with Crippen molar-refractivity contribution in [3.8, 4) is 33.9 Å². The highest BCUT2D eigenvalue weighted by molar-refractivity contribution is 7.01. The molecular formula is C84H74B2N6. The summed E-state index contributed by atoms with van der Waals surface area (Å²) in [6.45, 7) is 32.5. The maximum atomic E-state index is 2.64. The number of hydrogen-bond acceptors (Lipinski definition) is 2. The van der Waals surface area contributed by atoms with Gasteiger partial charge in [0.2, 0.25) is 0 Å². The van der Waals surface area contributed by atoms with Crippen molar-refractivity contribution < 1.29 is 0 Å². The van der Waals surface area contributed by atoms with Gasteiger partial charge in [-0.15, -0.1) is 0 Å². The van der Waals surface area contributed by atoms with Gasteiger partial charge in [0.15, 0.2) is 0 Å². The van der Waals surface area contributed by atoms with Crippen LogP contribution < -0.4 is 42.6 Å². The smallest absolute Gasteiger partial charge is 0.252 e. The lowest BCUT2D eigenvalue weighted by Gasteiger charge is -2.36. The Morgan fingerprint density at radius 3 is 1.02 bits per heavy atom. The zero-order chi connectivity index (χ0) is 63.0. The van der Waals surface area contributed by atoms with E-state index < -0.39 is 0 Å². The highest BCUT2D eigenvalue weighted by atomic mass is 15.2. The molecule has 0 amide bonds. The molecule has 4 aliphatic heterocycles. The molecule has 0 aliphatic carbocycles. The quantitative estimate of drug-likeness (QED) is 0.149. The second-order valence-corrected chi connectivity index (χ2v) is 29.1. The van der Waals surface area contributed by atoms with Gasteiger partial charge in [-0.1, -0.05) is 163 Å². The first-order valence-corrected chi connectivity index (χ1v) is 33.1. The molecule has 92 heavy (non-hydrogen) atoms. The molecule has 8 heteroatoms. The fourth-order valence-electron chi connectivity index (χ4n) is 17.3. The predicted molar refractivity (Wildman–Crippen MR) is 393 cm³/mol. The third-order valence-corrected chi connectivity index (χ3v) is 22.4. The van der Waals surface area contributed by atoms with Crippen LogP contribution in [0.15, 0.2) is 194 Å². The number of benzene rings is 10. The molecule has 0 fully saturated rings. The van der Waals surface area contributed by atoms with Gasteiger partial charge in [0.05, 0.1) is 11.4 Å². The number of aromatic nitrogens is 4. The van der Waals surface area contributed by atoms with Gasteiger partial charge < -0.3 is 28.1 Å². The van der Waals surface area contributed by atoms with E-state index in [1.807, 2.05) is 0 Å². The van der Waals surface area contributed by atoms with Crippen LogP contribution in [0.1, 0.15) is 97.7 Å². The molecule has 14 aromatic rings. The maximum absolute atomic E-state index is 2.64. The van der Waals surface area contributed by atoms with Crippen molar-refractivity contribution in [3.63, 3.8) is 0 Å². The van der Waals surface area contributed by atoms with Crippen LogP contribution in [-0.2, 0) is 10.8 Å². The summed E-state index contributed by atoms with van der Waals surface area (Å²) in [5.74, 6) is 0. The summed E-state index contributed by atoms with van der Waals surface area (Å²) in [7, 11) is 0. The molecule has 10 aromatic carbocycles. The van der Waals surface area contributed by atoms with Crippen molar-refractivity contribution in [3.05, 3.63) is 250 Å². The molecule has 0 unspecified atom stereocenters. The number of anilines is 6. The largest absolute Gasteiger partial charge is 0.314 e. The average molecular weight is 1190 g/mol. The van der Waals surface area contributed by atoms with Crippen LogP contribution in [0, 0.1) is 55.4 Å². The number of nitrogens with zero attached hydrogens (tertiary/aromatic N) is 6. The van der Waals surface area contributed by atoms with E-state index in [1.165, 1.54) is 166 Å². The summed E-state index contributed by atoms with van der Waals surface area (Å²) in [5.41, 5.74) is 40.8. The molecule has 4 aromatic heterocycles. The van der Waals surface area contributed by atoms with E-state index in [4.69, 9.17) is 0 Å². The van der Waals surface area contributed by atoms with Crippen molar-refractivity contribution in [1.29, 1.82) is 0 Å². The lowest BCUT2D eigenvalue weighted by atomic mass is 9.34. The summed E-state index contributed by atoms with van der Waals surface area (Å²) in [4.78, 5) is 4.99. The SMILES string of the molecule is Cc1c(C)n2c3c(cccc13)B1c3c-2cc(N(c2ccccc2)c2ccc(-c4ccc5c6c4c(C)c(C)n6-c4cc(N(c6ccc(C(C)(C)C)cc6)c6ccc(C(C)(C)C)cc6)cc6c4B5c4cccc5c(C)c(C)n-6c45)cc2)cc3-n2c(C)c(C)c3cccc1c32. The summed E-state index contributed by atoms with van der Waals surface area (Å²) in [6, 6.07) is 75.1. The van der Waals surface area contributed by atoms with Crippen LogP contribution in [0.4, 0.5) is 34.1 Å². The standard InChI is InChI=1S/C84H74B2N6/c1-47-51(5)87-72-43-62(44-73-77(72)85(68-26-18-23-64(47)79(68)87)69-27-19-24-65-48(2)52(6)88(73)80(65)69)91(58-21-16-15-17-22-58)59-35-29-55(30-36-59)67-41-42-71-82-76(67)50(4)54(8)90(82)75-46-63(45-74-78(75)86(71)70-28-20-25-66-49(3)53(7)89(74)81(66)70)92(60-37-31-56(32-38-60)83(9,10)11)61-39-33-57(34-40-61)84(12,13)14/h15-46H,1-14H3. The third-order valence-electron chi connectivity index (χ3n) is 22.4. The first-order valence-electron chi connectivity index (χ1n) is 33.1.